The highest BCUT2D eigenvalue weighted by molar-refractivity contribution is 8.18. The lowest BCUT2D eigenvalue weighted by molar-refractivity contribution is -0.127. The SMILES string of the molecule is NC(=O)c1ccccc1NC(=O)CN1C(=O)S/C(=C/C=C/c2ccccc2)C1=O. The summed E-state index contributed by atoms with van der Waals surface area (Å²) in [5, 5.41) is 1.98. The van der Waals surface area contributed by atoms with E-state index in [1.807, 2.05) is 30.3 Å². The fourth-order valence-electron chi connectivity index (χ4n) is 2.60. The molecule has 1 fully saturated rings. The lowest BCUT2D eigenvalue weighted by Crippen LogP contribution is -2.36. The number of rotatable bonds is 6. The van der Waals surface area contributed by atoms with Gasteiger partial charge in [0.05, 0.1) is 16.2 Å². The van der Waals surface area contributed by atoms with Crippen LogP contribution in [0.25, 0.3) is 6.08 Å². The van der Waals surface area contributed by atoms with Crippen molar-refractivity contribution < 1.29 is 19.2 Å². The first kappa shape index (κ1) is 20.1. The first-order valence-corrected chi connectivity index (χ1v) is 9.43. The van der Waals surface area contributed by atoms with Gasteiger partial charge in [0.25, 0.3) is 17.1 Å². The number of primary amides is 1. The molecule has 0 spiro atoms. The van der Waals surface area contributed by atoms with Gasteiger partial charge in [0.15, 0.2) is 0 Å². The van der Waals surface area contributed by atoms with Gasteiger partial charge in [-0.3, -0.25) is 24.1 Å². The summed E-state index contributed by atoms with van der Waals surface area (Å²) in [6.07, 6.45) is 5.02. The summed E-state index contributed by atoms with van der Waals surface area (Å²) in [5.74, 6) is -1.85. The molecule has 0 aliphatic carbocycles. The number of carbonyl (C=O) groups is 4. The number of nitrogens with one attached hydrogen (secondary N) is 1. The van der Waals surface area contributed by atoms with Crippen LogP contribution in [0.15, 0.2) is 71.7 Å². The Balaban J connectivity index is 1.66. The van der Waals surface area contributed by atoms with Crippen molar-refractivity contribution >= 4 is 46.5 Å². The van der Waals surface area contributed by atoms with E-state index in [0.29, 0.717) is 0 Å². The number of nitrogens with zero attached hydrogens (tertiary/aromatic N) is 1. The number of para-hydroxylation sites is 1. The van der Waals surface area contributed by atoms with Crippen LogP contribution in [0, 0.1) is 0 Å². The minimum absolute atomic E-state index is 0.140. The maximum absolute atomic E-state index is 12.4. The molecular weight excluding hydrogens is 390 g/mol. The van der Waals surface area contributed by atoms with Crippen LogP contribution in [0.1, 0.15) is 15.9 Å². The van der Waals surface area contributed by atoms with E-state index in [4.69, 9.17) is 5.73 Å². The van der Waals surface area contributed by atoms with E-state index in [0.717, 1.165) is 22.2 Å². The first-order valence-electron chi connectivity index (χ1n) is 8.61. The third-order valence-electron chi connectivity index (χ3n) is 3.98. The molecule has 4 amide bonds. The van der Waals surface area contributed by atoms with Gasteiger partial charge in [0.2, 0.25) is 5.91 Å². The van der Waals surface area contributed by atoms with E-state index >= 15 is 0 Å². The Morgan fingerprint density at radius 1 is 1.03 bits per heavy atom. The van der Waals surface area contributed by atoms with Crippen molar-refractivity contribution in [1.29, 1.82) is 0 Å². The molecule has 8 heteroatoms. The second-order valence-corrected chi connectivity index (χ2v) is 7.01. The second-order valence-electron chi connectivity index (χ2n) is 6.02. The largest absolute Gasteiger partial charge is 0.366 e. The Hall–Kier alpha value is -3.65. The Kier molecular flexibility index (Phi) is 6.25. The average Bonchev–Trinajstić information content (AvgIpc) is 2.96. The molecule has 146 valence electrons. The van der Waals surface area contributed by atoms with Crippen LogP contribution in [0.2, 0.25) is 0 Å². The van der Waals surface area contributed by atoms with Crippen LogP contribution in [0.4, 0.5) is 10.5 Å². The van der Waals surface area contributed by atoms with Crippen LogP contribution in [-0.4, -0.2) is 34.4 Å². The normalized spacial score (nSPS) is 15.3. The lowest BCUT2D eigenvalue weighted by Gasteiger charge is -2.13. The molecule has 1 heterocycles. The third-order valence-corrected chi connectivity index (χ3v) is 4.90. The number of nitrogens with two attached hydrogens (primary N) is 1. The maximum Gasteiger partial charge on any atom is 0.294 e. The molecule has 0 radical (unpaired) electrons. The van der Waals surface area contributed by atoms with E-state index in [1.165, 1.54) is 18.2 Å². The van der Waals surface area contributed by atoms with Gasteiger partial charge < -0.3 is 11.1 Å². The number of benzene rings is 2. The lowest BCUT2D eigenvalue weighted by atomic mass is 10.1. The van der Waals surface area contributed by atoms with Crippen LogP contribution >= 0.6 is 11.8 Å². The molecule has 7 nitrogen and oxygen atoms in total. The highest BCUT2D eigenvalue weighted by atomic mass is 32.2. The van der Waals surface area contributed by atoms with Gasteiger partial charge in [-0.2, -0.15) is 0 Å². The monoisotopic (exact) mass is 407 g/mol. The standard InChI is InChI=1S/C21H17N3O4S/c22-19(26)15-10-4-5-11-16(15)23-18(25)13-24-20(27)17(29-21(24)28)12-6-9-14-7-2-1-3-8-14/h1-12H,13H2,(H2,22,26)(H,23,25)/b9-6+,17-12+. The summed E-state index contributed by atoms with van der Waals surface area (Å²) in [6.45, 7) is -0.461. The number of carbonyl (C=O) groups excluding carboxylic acids is 4. The van der Waals surface area contributed by atoms with Gasteiger partial charge in [0.1, 0.15) is 6.54 Å². The van der Waals surface area contributed by atoms with Crippen molar-refractivity contribution in [3.05, 3.63) is 82.8 Å². The van der Waals surface area contributed by atoms with Crippen LogP contribution in [-0.2, 0) is 9.59 Å². The topological polar surface area (TPSA) is 110 Å². The first-order chi connectivity index (χ1) is 14.0. The molecule has 2 aromatic rings. The van der Waals surface area contributed by atoms with Crippen molar-refractivity contribution in [1.82, 2.24) is 4.90 Å². The van der Waals surface area contributed by atoms with Crippen LogP contribution < -0.4 is 11.1 Å². The number of amides is 4. The third kappa shape index (κ3) is 4.99. The molecular formula is C21H17N3O4S. The molecule has 0 aromatic heterocycles. The van der Waals surface area contributed by atoms with E-state index in [2.05, 4.69) is 5.32 Å². The van der Waals surface area contributed by atoms with Gasteiger partial charge in [-0.25, -0.2) is 0 Å². The molecule has 1 aliphatic rings. The Labute approximate surface area is 171 Å². The van der Waals surface area contributed by atoms with E-state index in [9.17, 15) is 19.2 Å². The predicted molar refractivity (Wildman–Crippen MR) is 112 cm³/mol. The van der Waals surface area contributed by atoms with Crippen molar-refractivity contribution in [3.8, 4) is 0 Å². The predicted octanol–water partition coefficient (Wildman–Crippen LogP) is 3.02. The minimum atomic E-state index is -0.694. The molecule has 0 atom stereocenters. The number of anilines is 1. The summed E-state index contributed by atoms with van der Waals surface area (Å²) in [4.78, 5) is 49.4. The number of allylic oxidation sites excluding steroid dienone is 2. The Morgan fingerprint density at radius 3 is 2.45 bits per heavy atom. The summed E-state index contributed by atoms with van der Waals surface area (Å²) < 4.78 is 0. The fourth-order valence-corrected chi connectivity index (χ4v) is 3.39. The molecule has 1 saturated heterocycles. The van der Waals surface area contributed by atoms with Crippen LogP contribution in [0.3, 0.4) is 0 Å². The van der Waals surface area contributed by atoms with Gasteiger partial charge >= 0.3 is 0 Å². The summed E-state index contributed by atoms with van der Waals surface area (Å²) in [7, 11) is 0. The number of imide groups is 1. The van der Waals surface area contributed by atoms with Crippen LogP contribution in [0.5, 0.6) is 0 Å². The van der Waals surface area contributed by atoms with E-state index in [1.54, 1.807) is 24.3 Å². The minimum Gasteiger partial charge on any atom is -0.366 e. The van der Waals surface area contributed by atoms with Gasteiger partial charge in [-0.15, -0.1) is 0 Å². The highest BCUT2D eigenvalue weighted by Crippen LogP contribution is 2.30. The smallest absolute Gasteiger partial charge is 0.294 e. The summed E-state index contributed by atoms with van der Waals surface area (Å²) in [6, 6.07) is 15.7. The molecule has 0 unspecified atom stereocenters. The average molecular weight is 407 g/mol. The molecule has 3 rings (SSSR count). The highest BCUT2D eigenvalue weighted by Gasteiger charge is 2.36. The fraction of sp³-hybridized carbons (Fsp3) is 0.0476. The molecule has 3 N–H and O–H groups in total. The molecule has 29 heavy (non-hydrogen) atoms. The Bertz CT molecular complexity index is 1030. The zero-order chi connectivity index (χ0) is 20.8. The zero-order valence-electron chi connectivity index (χ0n) is 15.2. The second kappa shape index (κ2) is 9.03. The van der Waals surface area contributed by atoms with Crippen molar-refractivity contribution in [2.75, 3.05) is 11.9 Å². The zero-order valence-corrected chi connectivity index (χ0v) is 16.0. The quantitative estimate of drug-likeness (QED) is 0.716. The summed E-state index contributed by atoms with van der Waals surface area (Å²) >= 11 is 0.766. The van der Waals surface area contributed by atoms with Crippen molar-refractivity contribution in [2.24, 2.45) is 5.73 Å². The molecule has 0 saturated carbocycles. The van der Waals surface area contributed by atoms with Crippen molar-refractivity contribution in [3.63, 3.8) is 0 Å². The number of thioether (sulfide) groups is 1. The van der Waals surface area contributed by atoms with E-state index in [-0.39, 0.29) is 16.2 Å². The van der Waals surface area contributed by atoms with Gasteiger partial charge in [-0.1, -0.05) is 54.6 Å². The van der Waals surface area contributed by atoms with Gasteiger partial charge in [-0.05, 0) is 35.5 Å². The molecule has 0 bridgehead atoms. The number of hydrogen-bond donors (Lipinski definition) is 2. The number of hydrogen-bond acceptors (Lipinski definition) is 5. The van der Waals surface area contributed by atoms with E-state index < -0.39 is 29.5 Å². The Morgan fingerprint density at radius 2 is 1.72 bits per heavy atom. The maximum atomic E-state index is 12.4. The van der Waals surface area contributed by atoms with Crippen molar-refractivity contribution in [2.45, 2.75) is 0 Å². The molecule has 1 aliphatic heterocycles. The van der Waals surface area contributed by atoms with Gasteiger partial charge in [0, 0.05) is 0 Å². The summed E-state index contributed by atoms with van der Waals surface area (Å²) in [5.41, 5.74) is 6.59. The molecule has 2 aromatic carbocycles.